The van der Waals surface area contributed by atoms with Crippen molar-refractivity contribution < 1.29 is 14.7 Å². The van der Waals surface area contributed by atoms with Crippen LogP contribution in [0.3, 0.4) is 0 Å². The van der Waals surface area contributed by atoms with Gasteiger partial charge in [0, 0.05) is 16.3 Å². The molecule has 0 aliphatic heterocycles. The summed E-state index contributed by atoms with van der Waals surface area (Å²) >= 11 is 6.05. The highest BCUT2D eigenvalue weighted by Crippen LogP contribution is 2.27. The van der Waals surface area contributed by atoms with E-state index in [1.807, 2.05) is 11.4 Å². The van der Waals surface area contributed by atoms with Crippen molar-refractivity contribution >= 4 is 55.5 Å². The molecule has 0 aromatic carbocycles. The topological polar surface area (TPSA) is 79.3 Å². The third-order valence-electron chi connectivity index (χ3n) is 2.24. The minimum atomic E-state index is -1.19. The molecule has 0 atom stereocenters. The Bertz CT molecular complexity index is 604. The van der Waals surface area contributed by atoms with Crippen LogP contribution in [0, 0.1) is 0 Å². The Labute approximate surface area is 125 Å². The average molecular weight is 361 g/mol. The van der Waals surface area contributed by atoms with Crippen LogP contribution in [0.25, 0.3) is 0 Å². The molecule has 0 saturated carbocycles. The molecule has 2 heterocycles. The van der Waals surface area contributed by atoms with Gasteiger partial charge in [-0.15, -0.1) is 11.3 Å². The molecular formula is C11H9BrN2O3S2. The molecule has 0 amide bonds. The molecular weight excluding hydrogens is 352 g/mol. The Balaban J connectivity index is 2.18. The van der Waals surface area contributed by atoms with Gasteiger partial charge in [-0.2, -0.15) is 0 Å². The van der Waals surface area contributed by atoms with Gasteiger partial charge in [-0.05, 0) is 27.4 Å². The first-order valence-corrected chi connectivity index (χ1v) is 7.68. The fourth-order valence-corrected chi connectivity index (χ4v) is 3.67. The lowest BCUT2D eigenvalue weighted by Crippen LogP contribution is -2.04. The van der Waals surface area contributed by atoms with Crippen molar-refractivity contribution in [2.75, 3.05) is 5.32 Å². The number of hydrogen-bond acceptors (Lipinski definition) is 6. The number of carboxylic acid groups (broad SMARTS) is 1. The molecule has 100 valence electrons. The minimum Gasteiger partial charge on any atom is -0.476 e. The summed E-state index contributed by atoms with van der Waals surface area (Å²) in [4.78, 5) is 27.5. The molecule has 2 rings (SSSR count). The van der Waals surface area contributed by atoms with Gasteiger partial charge in [0.25, 0.3) is 0 Å². The second-order valence-corrected chi connectivity index (χ2v) is 6.46. The Hall–Kier alpha value is -1.25. The van der Waals surface area contributed by atoms with E-state index < -0.39 is 5.97 Å². The van der Waals surface area contributed by atoms with Gasteiger partial charge in [0.1, 0.15) is 4.88 Å². The van der Waals surface area contributed by atoms with Gasteiger partial charge in [0.2, 0.25) is 0 Å². The smallest absolute Gasteiger partial charge is 0.356 e. The molecule has 0 saturated heterocycles. The summed E-state index contributed by atoms with van der Waals surface area (Å²) in [6.45, 7) is 1.86. The lowest BCUT2D eigenvalue weighted by molar-refractivity contribution is 0.0687. The van der Waals surface area contributed by atoms with E-state index in [0.29, 0.717) is 11.7 Å². The number of nitrogens with one attached hydrogen (secondary N) is 1. The average Bonchev–Trinajstić information content (AvgIpc) is 2.92. The van der Waals surface area contributed by atoms with Gasteiger partial charge >= 0.3 is 5.97 Å². The predicted molar refractivity (Wildman–Crippen MR) is 78.4 cm³/mol. The number of nitrogens with zero attached hydrogens (tertiary/aromatic N) is 1. The SMILES string of the molecule is CC(=O)c1sc(NCc2sccc2Br)nc1C(=O)O. The zero-order valence-corrected chi connectivity index (χ0v) is 13.0. The molecule has 2 aromatic rings. The van der Waals surface area contributed by atoms with Crippen LogP contribution in [0.2, 0.25) is 0 Å². The van der Waals surface area contributed by atoms with E-state index >= 15 is 0 Å². The quantitative estimate of drug-likeness (QED) is 0.797. The maximum absolute atomic E-state index is 11.3. The van der Waals surface area contributed by atoms with Gasteiger partial charge in [-0.25, -0.2) is 9.78 Å². The Morgan fingerprint density at radius 2 is 2.26 bits per heavy atom. The highest BCUT2D eigenvalue weighted by Gasteiger charge is 2.20. The molecule has 0 unspecified atom stereocenters. The van der Waals surface area contributed by atoms with Gasteiger partial charge in [-0.1, -0.05) is 11.3 Å². The van der Waals surface area contributed by atoms with E-state index in [9.17, 15) is 9.59 Å². The number of hydrogen-bond donors (Lipinski definition) is 2. The van der Waals surface area contributed by atoms with Crippen molar-refractivity contribution in [2.45, 2.75) is 13.5 Å². The van der Waals surface area contributed by atoms with E-state index in [1.165, 1.54) is 6.92 Å². The minimum absolute atomic E-state index is 0.167. The summed E-state index contributed by atoms with van der Waals surface area (Å²) in [7, 11) is 0. The fourth-order valence-electron chi connectivity index (χ4n) is 1.39. The number of ketones is 1. The Morgan fingerprint density at radius 1 is 1.53 bits per heavy atom. The molecule has 0 spiro atoms. The monoisotopic (exact) mass is 360 g/mol. The largest absolute Gasteiger partial charge is 0.476 e. The molecule has 2 N–H and O–H groups in total. The van der Waals surface area contributed by atoms with Crippen molar-refractivity contribution in [3.63, 3.8) is 0 Å². The number of thiophene rings is 1. The van der Waals surface area contributed by atoms with Gasteiger partial charge in [0.15, 0.2) is 16.6 Å². The maximum Gasteiger partial charge on any atom is 0.356 e. The highest BCUT2D eigenvalue weighted by molar-refractivity contribution is 9.10. The van der Waals surface area contributed by atoms with Crippen LogP contribution < -0.4 is 5.32 Å². The molecule has 0 fully saturated rings. The number of halogens is 1. The van der Waals surface area contributed by atoms with Gasteiger partial charge < -0.3 is 10.4 Å². The molecule has 0 radical (unpaired) electrons. The molecule has 0 bridgehead atoms. The Kier molecular flexibility index (Phi) is 4.33. The van der Waals surface area contributed by atoms with E-state index in [4.69, 9.17) is 5.11 Å². The van der Waals surface area contributed by atoms with E-state index in [2.05, 4.69) is 26.2 Å². The number of carbonyl (C=O) groups is 2. The summed E-state index contributed by atoms with van der Waals surface area (Å²) in [5.74, 6) is -1.48. The fraction of sp³-hybridized carbons (Fsp3) is 0.182. The second-order valence-electron chi connectivity index (χ2n) is 3.60. The first kappa shape index (κ1) is 14.2. The summed E-state index contributed by atoms with van der Waals surface area (Å²) in [6.07, 6.45) is 0. The number of carboxylic acids is 1. The van der Waals surface area contributed by atoms with Gasteiger partial charge in [0.05, 0.1) is 6.54 Å². The number of rotatable bonds is 5. The zero-order valence-electron chi connectivity index (χ0n) is 9.77. The van der Waals surface area contributed by atoms with Crippen molar-refractivity contribution in [2.24, 2.45) is 0 Å². The normalized spacial score (nSPS) is 10.4. The standard InChI is InChI=1S/C11H9BrN2O3S2/c1-5(15)9-8(10(16)17)14-11(19-9)13-4-7-6(12)2-3-18-7/h2-3H,4H2,1H3,(H,13,14)(H,16,17). The van der Waals surface area contributed by atoms with E-state index in [-0.39, 0.29) is 16.4 Å². The van der Waals surface area contributed by atoms with Crippen LogP contribution in [0.4, 0.5) is 5.13 Å². The van der Waals surface area contributed by atoms with Crippen LogP contribution in [-0.4, -0.2) is 21.8 Å². The highest BCUT2D eigenvalue weighted by atomic mass is 79.9. The van der Waals surface area contributed by atoms with E-state index in [0.717, 1.165) is 20.7 Å². The zero-order chi connectivity index (χ0) is 14.0. The first-order chi connectivity index (χ1) is 8.99. The summed E-state index contributed by atoms with van der Waals surface area (Å²) < 4.78 is 0.992. The lowest BCUT2D eigenvalue weighted by atomic mass is 10.3. The number of Topliss-reactive ketones (excluding diaryl/α,β-unsaturated/α-hetero) is 1. The number of aromatic nitrogens is 1. The molecule has 5 nitrogen and oxygen atoms in total. The number of carbonyl (C=O) groups excluding carboxylic acids is 1. The second kappa shape index (κ2) is 5.81. The molecule has 0 aliphatic rings. The van der Waals surface area contributed by atoms with Crippen molar-refractivity contribution in [1.82, 2.24) is 4.98 Å². The van der Waals surface area contributed by atoms with Gasteiger partial charge in [-0.3, -0.25) is 4.79 Å². The summed E-state index contributed by atoms with van der Waals surface area (Å²) in [5.41, 5.74) is -0.190. The lowest BCUT2D eigenvalue weighted by Gasteiger charge is -2.00. The Morgan fingerprint density at radius 3 is 2.74 bits per heavy atom. The molecule has 8 heteroatoms. The van der Waals surface area contributed by atoms with Crippen LogP contribution in [-0.2, 0) is 6.54 Å². The molecule has 0 aliphatic carbocycles. The van der Waals surface area contributed by atoms with Crippen LogP contribution in [0.15, 0.2) is 15.9 Å². The number of anilines is 1. The van der Waals surface area contributed by atoms with Crippen LogP contribution in [0.5, 0.6) is 0 Å². The van der Waals surface area contributed by atoms with Crippen molar-refractivity contribution in [3.05, 3.63) is 31.4 Å². The third-order valence-corrected chi connectivity index (χ3v) is 5.28. The van der Waals surface area contributed by atoms with Crippen LogP contribution in [0.1, 0.15) is 32.0 Å². The molecule has 2 aromatic heterocycles. The van der Waals surface area contributed by atoms with E-state index in [1.54, 1.807) is 11.3 Å². The maximum atomic E-state index is 11.3. The summed E-state index contributed by atoms with van der Waals surface area (Å²) in [5, 5.41) is 14.4. The van der Waals surface area contributed by atoms with Crippen LogP contribution >= 0.6 is 38.6 Å². The molecule has 19 heavy (non-hydrogen) atoms. The third kappa shape index (κ3) is 3.20. The van der Waals surface area contributed by atoms with Crippen molar-refractivity contribution in [3.8, 4) is 0 Å². The first-order valence-electron chi connectivity index (χ1n) is 5.20. The predicted octanol–water partition coefficient (Wildman–Crippen LogP) is 3.48. The number of aromatic carboxylic acids is 1. The number of thiazole rings is 1. The van der Waals surface area contributed by atoms with Crippen molar-refractivity contribution in [1.29, 1.82) is 0 Å². The summed E-state index contributed by atoms with van der Waals surface area (Å²) in [6, 6.07) is 1.94.